The largest absolute Gasteiger partial charge is 0.381 e. The molecule has 1 aliphatic rings. The van der Waals surface area contributed by atoms with Gasteiger partial charge in [0.25, 0.3) is 5.91 Å². The summed E-state index contributed by atoms with van der Waals surface area (Å²) in [4.78, 5) is 18.5. The summed E-state index contributed by atoms with van der Waals surface area (Å²) in [5, 5.41) is 3.37. The normalized spacial score (nSPS) is 14.2. The zero-order valence-electron chi connectivity index (χ0n) is 11.9. The minimum absolute atomic E-state index is 0.0432. The van der Waals surface area contributed by atoms with E-state index in [4.69, 9.17) is 0 Å². The molecule has 1 saturated carbocycles. The van der Waals surface area contributed by atoms with Gasteiger partial charge in [-0.1, -0.05) is 13.8 Å². The van der Waals surface area contributed by atoms with Crippen LogP contribution >= 0.6 is 0 Å². The smallest absolute Gasteiger partial charge is 0.272 e. The van der Waals surface area contributed by atoms with Gasteiger partial charge in [-0.15, -0.1) is 0 Å². The lowest BCUT2D eigenvalue weighted by atomic mass is 10.2. The Morgan fingerprint density at radius 3 is 2.47 bits per heavy atom. The van der Waals surface area contributed by atoms with Crippen molar-refractivity contribution in [3.63, 3.8) is 0 Å². The number of anilines is 1. The van der Waals surface area contributed by atoms with E-state index in [0.29, 0.717) is 11.7 Å². The number of hydrogen-bond acceptors (Lipinski definition) is 3. The van der Waals surface area contributed by atoms with Crippen LogP contribution in [0.2, 0.25) is 0 Å². The van der Waals surface area contributed by atoms with E-state index in [-0.39, 0.29) is 5.91 Å². The Morgan fingerprint density at radius 2 is 2.00 bits per heavy atom. The first-order valence-electron chi connectivity index (χ1n) is 7.26. The van der Waals surface area contributed by atoms with Crippen LogP contribution in [0.15, 0.2) is 18.3 Å². The minimum atomic E-state index is 0.0432. The van der Waals surface area contributed by atoms with E-state index in [1.165, 1.54) is 12.8 Å². The Balaban J connectivity index is 1.99. The molecule has 4 heteroatoms. The van der Waals surface area contributed by atoms with Gasteiger partial charge in [-0.05, 0) is 37.8 Å². The van der Waals surface area contributed by atoms with Crippen molar-refractivity contribution in [2.45, 2.75) is 45.6 Å². The molecule has 1 aliphatic carbocycles. The van der Waals surface area contributed by atoms with Crippen LogP contribution in [-0.4, -0.2) is 34.9 Å². The second-order valence-corrected chi connectivity index (χ2v) is 5.14. The monoisotopic (exact) mass is 261 g/mol. The highest BCUT2D eigenvalue weighted by Crippen LogP contribution is 2.24. The molecule has 0 aromatic carbocycles. The lowest BCUT2D eigenvalue weighted by molar-refractivity contribution is 0.0750. The Morgan fingerprint density at radius 1 is 1.32 bits per heavy atom. The third kappa shape index (κ3) is 3.94. The summed E-state index contributed by atoms with van der Waals surface area (Å²) in [6.07, 6.45) is 6.20. The number of hydrogen-bond donors (Lipinski definition) is 1. The molecule has 0 spiro atoms. The van der Waals surface area contributed by atoms with Crippen molar-refractivity contribution in [1.29, 1.82) is 0 Å². The molecule has 1 aromatic rings. The van der Waals surface area contributed by atoms with Crippen LogP contribution < -0.4 is 5.32 Å². The maximum Gasteiger partial charge on any atom is 0.272 e. The van der Waals surface area contributed by atoms with Gasteiger partial charge < -0.3 is 10.2 Å². The molecule has 1 N–H and O–H groups in total. The molecular weight excluding hydrogens is 238 g/mol. The van der Waals surface area contributed by atoms with Crippen molar-refractivity contribution < 1.29 is 4.79 Å². The van der Waals surface area contributed by atoms with E-state index in [9.17, 15) is 4.79 Å². The lowest BCUT2D eigenvalue weighted by Crippen LogP contribution is -2.33. The number of carbonyl (C=O) groups excluding carboxylic acids is 1. The standard InChI is InChI=1S/C15H23N3O/c1-3-9-18(10-4-2)15(19)14-8-7-13(11-16-14)17-12-5-6-12/h7-8,11-12,17H,3-6,9-10H2,1-2H3. The first-order valence-corrected chi connectivity index (χ1v) is 7.26. The number of nitrogens with one attached hydrogen (secondary N) is 1. The van der Waals surface area contributed by atoms with Gasteiger partial charge >= 0.3 is 0 Å². The SMILES string of the molecule is CCCN(CCC)C(=O)c1ccc(NC2CC2)cn1. The van der Waals surface area contributed by atoms with Gasteiger partial charge in [-0.2, -0.15) is 0 Å². The predicted molar refractivity (Wildman–Crippen MR) is 77.4 cm³/mol. The highest BCUT2D eigenvalue weighted by Gasteiger charge is 2.21. The van der Waals surface area contributed by atoms with E-state index in [2.05, 4.69) is 24.1 Å². The average Bonchev–Trinajstić information content (AvgIpc) is 3.23. The Labute approximate surface area is 115 Å². The molecule has 1 aromatic heterocycles. The minimum Gasteiger partial charge on any atom is -0.381 e. The molecule has 1 heterocycles. The highest BCUT2D eigenvalue weighted by atomic mass is 16.2. The molecule has 1 fully saturated rings. The van der Waals surface area contributed by atoms with Crippen LogP contribution in [0.1, 0.15) is 50.0 Å². The van der Waals surface area contributed by atoms with Gasteiger partial charge in [-0.25, -0.2) is 4.98 Å². The Kier molecular flexibility index (Phi) is 4.77. The summed E-state index contributed by atoms with van der Waals surface area (Å²) >= 11 is 0. The number of pyridine rings is 1. The fourth-order valence-corrected chi connectivity index (χ4v) is 2.09. The third-order valence-corrected chi connectivity index (χ3v) is 3.21. The van der Waals surface area contributed by atoms with Crippen LogP contribution in [0.4, 0.5) is 5.69 Å². The molecule has 0 saturated heterocycles. The molecule has 1 amide bonds. The van der Waals surface area contributed by atoms with E-state index in [1.807, 2.05) is 17.0 Å². The first-order chi connectivity index (χ1) is 9.24. The van der Waals surface area contributed by atoms with Crippen LogP contribution in [0, 0.1) is 0 Å². The number of aromatic nitrogens is 1. The zero-order valence-corrected chi connectivity index (χ0v) is 11.9. The van der Waals surface area contributed by atoms with E-state index >= 15 is 0 Å². The van der Waals surface area contributed by atoms with Crippen molar-refractivity contribution in [3.05, 3.63) is 24.0 Å². The first kappa shape index (κ1) is 13.8. The van der Waals surface area contributed by atoms with Crippen molar-refractivity contribution in [1.82, 2.24) is 9.88 Å². The van der Waals surface area contributed by atoms with Crippen LogP contribution in [0.25, 0.3) is 0 Å². The van der Waals surface area contributed by atoms with Crippen LogP contribution in [-0.2, 0) is 0 Å². The topological polar surface area (TPSA) is 45.2 Å². The Hall–Kier alpha value is -1.58. The molecule has 0 unspecified atom stereocenters. The highest BCUT2D eigenvalue weighted by molar-refractivity contribution is 5.92. The fraction of sp³-hybridized carbons (Fsp3) is 0.600. The van der Waals surface area contributed by atoms with Crippen molar-refractivity contribution in [3.8, 4) is 0 Å². The molecular formula is C15H23N3O. The Bertz CT molecular complexity index is 406. The van der Waals surface area contributed by atoms with Gasteiger partial charge in [0.05, 0.1) is 11.9 Å². The zero-order chi connectivity index (χ0) is 13.7. The predicted octanol–water partition coefficient (Wildman–Crippen LogP) is 2.92. The van der Waals surface area contributed by atoms with Gasteiger partial charge in [0.1, 0.15) is 5.69 Å². The molecule has 19 heavy (non-hydrogen) atoms. The van der Waals surface area contributed by atoms with Crippen LogP contribution in [0.5, 0.6) is 0 Å². The van der Waals surface area contributed by atoms with Crippen molar-refractivity contribution in [2.24, 2.45) is 0 Å². The van der Waals surface area contributed by atoms with Crippen molar-refractivity contribution >= 4 is 11.6 Å². The number of carbonyl (C=O) groups is 1. The summed E-state index contributed by atoms with van der Waals surface area (Å²) in [6.45, 7) is 5.78. The second kappa shape index (κ2) is 6.55. The third-order valence-electron chi connectivity index (χ3n) is 3.21. The van der Waals surface area contributed by atoms with Crippen molar-refractivity contribution in [2.75, 3.05) is 18.4 Å². The molecule has 0 bridgehead atoms. The second-order valence-electron chi connectivity index (χ2n) is 5.14. The van der Waals surface area contributed by atoms with Gasteiger partial charge in [0.15, 0.2) is 0 Å². The van der Waals surface area contributed by atoms with Gasteiger partial charge in [0.2, 0.25) is 0 Å². The van der Waals surface area contributed by atoms with E-state index < -0.39 is 0 Å². The summed E-state index contributed by atoms with van der Waals surface area (Å²) in [5.74, 6) is 0.0432. The summed E-state index contributed by atoms with van der Waals surface area (Å²) < 4.78 is 0. The van der Waals surface area contributed by atoms with E-state index in [1.54, 1.807) is 6.20 Å². The molecule has 0 aliphatic heterocycles. The quantitative estimate of drug-likeness (QED) is 0.821. The van der Waals surface area contributed by atoms with E-state index in [0.717, 1.165) is 31.6 Å². The lowest BCUT2D eigenvalue weighted by Gasteiger charge is -2.21. The maximum atomic E-state index is 12.3. The number of amides is 1. The molecule has 4 nitrogen and oxygen atoms in total. The number of nitrogens with zero attached hydrogens (tertiary/aromatic N) is 2. The van der Waals surface area contributed by atoms with Gasteiger partial charge in [0, 0.05) is 19.1 Å². The van der Waals surface area contributed by atoms with Crippen LogP contribution in [0.3, 0.4) is 0 Å². The molecule has 0 atom stereocenters. The maximum absolute atomic E-state index is 12.3. The average molecular weight is 261 g/mol. The molecule has 2 rings (SSSR count). The molecule has 104 valence electrons. The summed E-state index contributed by atoms with van der Waals surface area (Å²) in [5.41, 5.74) is 1.56. The summed E-state index contributed by atoms with van der Waals surface area (Å²) in [7, 11) is 0. The molecule has 0 radical (unpaired) electrons. The van der Waals surface area contributed by atoms with Gasteiger partial charge in [-0.3, -0.25) is 4.79 Å². The number of rotatable bonds is 7. The summed E-state index contributed by atoms with van der Waals surface area (Å²) in [6, 6.07) is 4.39. The fourth-order valence-electron chi connectivity index (χ4n) is 2.09.